The molecular formula is C16H26F3N3O3. The summed E-state index contributed by atoms with van der Waals surface area (Å²) < 4.78 is 43.1. The van der Waals surface area contributed by atoms with Crippen LogP contribution in [0.2, 0.25) is 0 Å². The van der Waals surface area contributed by atoms with Crippen LogP contribution in [0.15, 0.2) is 0 Å². The van der Waals surface area contributed by atoms with E-state index < -0.39 is 30.1 Å². The maximum absolute atomic E-state index is 12.8. The number of hydrogen-bond donors (Lipinski definition) is 1. The molecule has 144 valence electrons. The molecule has 6 nitrogen and oxygen atoms in total. The Morgan fingerprint density at radius 1 is 1.32 bits per heavy atom. The molecule has 25 heavy (non-hydrogen) atoms. The average Bonchev–Trinajstić information content (AvgIpc) is 2.58. The van der Waals surface area contributed by atoms with Crippen LogP contribution < -0.4 is 5.73 Å². The number of nitrogens with two attached hydrogens (primary N) is 1. The highest BCUT2D eigenvalue weighted by atomic mass is 19.4. The molecule has 2 aliphatic rings. The maximum atomic E-state index is 12.8. The van der Waals surface area contributed by atoms with Crippen molar-refractivity contribution in [3.05, 3.63) is 0 Å². The topological polar surface area (TPSA) is 75.9 Å². The Morgan fingerprint density at radius 2 is 1.96 bits per heavy atom. The molecule has 2 heterocycles. The van der Waals surface area contributed by atoms with Crippen molar-refractivity contribution in [2.75, 3.05) is 39.4 Å². The molecule has 0 bridgehead atoms. The van der Waals surface area contributed by atoms with Crippen LogP contribution in [0, 0.1) is 5.92 Å². The van der Waals surface area contributed by atoms with Crippen LogP contribution in [0.3, 0.4) is 0 Å². The zero-order chi connectivity index (χ0) is 18.7. The Bertz CT molecular complexity index is 493. The lowest BCUT2D eigenvalue weighted by atomic mass is 9.87. The summed E-state index contributed by atoms with van der Waals surface area (Å²) in [5.41, 5.74) is 5.21. The standard InChI is InChI=1S/C16H26F3N3O3/c1-2-21(11-16(17,18)19)13(23)12-4-3-7-22(10-12)14(24)15(20)5-8-25-9-6-15/h12H,2-11,20H2,1H3. The molecule has 0 aliphatic carbocycles. The highest BCUT2D eigenvalue weighted by Crippen LogP contribution is 2.26. The number of likely N-dealkylation sites (tertiary alicyclic amines) is 1. The van der Waals surface area contributed by atoms with Gasteiger partial charge in [-0.05, 0) is 32.6 Å². The van der Waals surface area contributed by atoms with Gasteiger partial charge in [-0.1, -0.05) is 0 Å². The Morgan fingerprint density at radius 3 is 2.52 bits per heavy atom. The normalized spacial score (nSPS) is 24.0. The van der Waals surface area contributed by atoms with Crippen LogP contribution in [0.25, 0.3) is 0 Å². The summed E-state index contributed by atoms with van der Waals surface area (Å²) >= 11 is 0. The predicted octanol–water partition coefficient (Wildman–Crippen LogP) is 1.14. The van der Waals surface area contributed by atoms with E-state index in [0.29, 0.717) is 45.4 Å². The van der Waals surface area contributed by atoms with E-state index in [1.165, 1.54) is 6.92 Å². The van der Waals surface area contributed by atoms with E-state index in [1.807, 2.05) is 0 Å². The number of hydrogen-bond acceptors (Lipinski definition) is 4. The zero-order valence-electron chi connectivity index (χ0n) is 14.5. The fourth-order valence-electron chi connectivity index (χ4n) is 3.45. The van der Waals surface area contributed by atoms with E-state index in [9.17, 15) is 22.8 Å². The third-order valence-electron chi connectivity index (χ3n) is 4.93. The Balaban J connectivity index is 2.01. The van der Waals surface area contributed by atoms with E-state index in [4.69, 9.17) is 10.5 Å². The third-order valence-corrected chi connectivity index (χ3v) is 4.93. The number of rotatable bonds is 4. The number of halogens is 3. The molecule has 9 heteroatoms. The van der Waals surface area contributed by atoms with Gasteiger partial charge in [0.2, 0.25) is 11.8 Å². The van der Waals surface area contributed by atoms with Crippen molar-refractivity contribution in [1.82, 2.24) is 9.80 Å². The molecule has 0 saturated carbocycles. The third kappa shape index (κ3) is 5.07. The molecule has 0 radical (unpaired) electrons. The molecule has 2 rings (SSSR count). The van der Waals surface area contributed by atoms with Crippen LogP contribution in [0.1, 0.15) is 32.6 Å². The van der Waals surface area contributed by atoms with Crippen molar-refractivity contribution < 1.29 is 27.5 Å². The van der Waals surface area contributed by atoms with Crippen molar-refractivity contribution >= 4 is 11.8 Å². The summed E-state index contributed by atoms with van der Waals surface area (Å²) in [5, 5.41) is 0. The van der Waals surface area contributed by atoms with Gasteiger partial charge < -0.3 is 20.3 Å². The summed E-state index contributed by atoms with van der Waals surface area (Å²) in [4.78, 5) is 27.6. The van der Waals surface area contributed by atoms with Gasteiger partial charge in [-0.15, -0.1) is 0 Å². The minimum absolute atomic E-state index is 0.0129. The summed E-state index contributed by atoms with van der Waals surface area (Å²) in [6.07, 6.45) is -2.54. The van der Waals surface area contributed by atoms with E-state index in [2.05, 4.69) is 0 Å². The van der Waals surface area contributed by atoms with Crippen molar-refractivity contribution in [3.8, 4) is 0 Å². The van der Waals surface area contributed by atoms with E-state index in [-0.39, 0.29) is 19.0 Å². The second-order valence-electron chi connectivity index (χ2n) is 6.83. The minimum Gasteiger partial charge on any atom is -0.381 e. The lowest BCUT2D eigenvalue weighted by Crippen LogP contribution is -2.60. The molecule has 2 aliphatic heterocycles. The smallest absolute Gasteiger partial charge is 0.381 e. The summed E-state index contributed by atoms with van der Waals surface area (Å²) in [6.45, 7) is 1.68. The maximum Gasteiger partial charge on any atom is 0.406 e. The van der Waals surface area contributed by atoms with Crippen LogP contribution in [0.5, 0.6) is 0 Å². The number of piperidine rings is 1. The Hall–Kier alpha value is -1.35. The number of nitrogens with zero attached hydrogens (tertiary/aromatic N) is 2. The lowest BCUT2D eigenvalue weighted by molar-refractivity contribution is -0.165. The Labute approximate surface area is 145 Å². The number of carbonyl (C=O) groups is 2. The second kappa shape index (κ2) is 7.90. The number of carbonyl (C=O) groups excluding carboxylic acids is 2. The van der Waals surface area contributed by atoms with Gasteiger partial charge in [-0.25, -0.2) is 0 Å². The summed E-state index contributed by atoms with van der Waals surface area (Å²) in [7, 11) is 0. The molecule has 2 saturated heterocycles. The highest BCUT2D eigenvalue weighted by Gasteiger charge is 2.42. The van der Waals surface area contributed by atoms with Gasteiger partial charge >= 0.3 is 6.18 Å². The van der Waals surface area contributed by atoms with Gasteiger partial charge in [0.05, 0.1) is 11.5 Å². The van der Waals surface area contributed by atoms with Gasteiger partial charge in [0.15, 0.2) is 0 Å². The minimum atomic E-state index is -4.43. The molecular weight excluding hydrogens is 339 g/mol. The first-order chi connectivity index (χ1) is 11.7. The van der Waals surface area contributed by atoms with Crippen molar-refractivity contribution in [3.63, 3.8) is 0 Å². The van der Waals surface area contributed by atoms with Crippen LogP contribution in [0.4, 0.5) is 13.2 Å². The quantitative estimate of drug-likeness (QED) is 0.811. The predicted molar refractivity (Wildman–Crippen MR) is 84.6 cm³/mol. The molecule has 2 fully saturated rings. The molecule has 2 N–H and O–H groups in total. The monoisotopic (exact) mass is 365 g/mol. The van der Waals surface area contributed by atoms with Gasteiger partial charge in [-0.2, -0.15) is 13.2 Å². The first-order valence-electron chi connectivity index (χ1n) is 8.68. The highest BCUT2D eigenvalue weighted by molar-refractivity contribution is 5.87. The largest absolute Gasteiger partial charge is 0.406 e. The average molecular weight is 365 g/mol. The molecule has 0 aromatic rings. The van der Waals surface area contributed by atoms with Crippen LogP contribution in [-0.4, -0.2) is 72.7 Å². The van der Waals surface area contributed by atoms with Gasteiger partial charge in [0.25, 0.3) is 0 Å². The second-order valence-corrected chi connectivity index (χ2v) is 6.83. The SMILES string of the molecule is CCN(CC(F)(F)F)C(=O)C1CCCN(C(=O)C2(N)CCOCC2)C1. The Kier molecular flexibility index (Phi) is 6.31. The fourth-order valence-corrected chi connectivity index (χ4v) is 3.45. The molecule has 0 aromatic heterocycles. The fraction of sp³-hybridized carbons (Fsp3) is 0.875. The molecule has 2 amide bonds. The summed E-state index contributed by atoms with van der Waals surface area (Å²) in [5.74, 6) is -1.38. The van der Waals surface area contributed by atoms with E-state index in [1.54, 1.807) is 4.90 Å². The number of amides is 2. The van der Waals surface area contributed by atoms with Crippen molar-refractivity contribution in [2.24, 2.45) is 11.7 Å². The van der Waals surface area contributed by atoms with Crippen LogP contribution in [-0.2, 0) is 14.3 Å². The van der Waals surface area contributed by atoms with Gasteiger partial charge in [0.1, 0.15) is 6.54 Å². The van der Waals surface area contributed by atoms with E-state index in [0.717, 1.165) is 4.90 Å². The van der Waals surface area contributed by atoms with Crippen molar-refractivity contribution in [2.45, 2.75) is 44.3 Å². The first-order valence-corrected chi connectivity index (χ1v) is 8.68. The van der Waals surface area contributed by atoms with Gasteiger partial charge in [-0.3, -0.25) is 9.59 Å². The van der Waals surface area contributed by atoms with Gasteiger partial charge in [0, 0.05) is 32.8 Å². The summed E-state index contributed by atoms with van der Waals surface area (Å²) in [6, 6.07) is 0. The molecule has 0 spiro atoms. The number of alkyl halides is 3. The zero-order valence-corrected chi connectivity index (χ0v) is 14.5. The molecule has 0 aromatic carbocycles. The van der Waals surface area contributed by atoms with E-state index >= 15 is 0 Å². The van der Waals surface area contributed by atoms with Crippen molar-refractivity contribution in [1.29, 1.82) is 0 Å². The first kappa shape index (κ1) is 20.0. The van der Waals surface area contributed by atoms with Crippen LogP contribution >= 0.6 is 0 Å². The number of ether oxygens (including phenoxy) is 1. The lowest BCUT2D eigenvalue weighted by Gasteiger charge is -2.40. The molecule has 1 unspecified atom stereocenters. The molecule has 1 atom stereocenters.